The number of hydrogen-bond acceptors (Lipinski definition) is 14. The van der Waals surface area contributed by atoms with Crippen LogP contribution in [0.3, 0.4) is 0 Å². The van der Waals surface area contributed by atoms with E-state index in [1.165, 1.54) is 32.4 Å². The first-order valence-corrected chi connectivity index (χ1v) is 17.0. The van der Waals surface area contributed by atoms with E-state index < -0.39 is 29.7 Å². The molecular formula is C38H53BF2N2NaO13. The molecule has 2 aromatic rings. The molecule has 0 spiro atoms. The molecule has 3 radical (unpaired) electrons. The second-order valence-corrected chi connectivity index (χ2v) is 12.4. The quantitative estimate of drug-likeness (QED) is 0.134. The van der Waals surface area contributed by atoms with Crippen LogP contribution in [0.5, 0.6) is 0 Å². The Morgan fingerprint density at radius 3 is 1.63 bits per heavy atom. The summed E-state index contributed by atoms with van der Waals surface area (Å²) in [6, 6.07) is 12.6. The van der Waals surface area contributed by atoms with Crippen molar-refractivity contribution in [3.63, 3.8) is 0 Å². The summed E-state index contributed by atoms with van der Waals surface area (Å²) in [5.41, 5.74) is 0.790. The number of nitrogens with one attached hydrogen (secondary N) is 1. The van der Waals surface area contributed by atoms with Crippen molar-refractivity contribution in [1.82, 2.24) is 10.2 Å². The van der Waals surface area contributed by atoms with Gasteiger partial charge in [-0.15, -0.1) is 0 Å². The molecule has 0 saturated carbocycles. The number of carbonyl (C=O) groups is 7. The predicted octanol–water partition coefficient (Wildman–Crippen LogP) is -0.00220. The van der Waals surface area contributed by atoms with Crippen LogP contribution in [-0.2, 0) is 54.6 Å². The van der Waals surface area contributed by atoms with Crippen LogP contribution < -0.4 is 40.0 Å². The summed E-state index contributed by atoms with van der Waals surface area (Å²) in [6.07, 6.45) is 2.30. The number of hydrogen-bond donors (Lipinski definition) is 2. The van der Waals surface area contributed by atoms with Gasteiger partial charge in [-0.3, -0.25) is 24.1 Å². The van der Waals surface area contributed by atoms with Crippen molar-refractivity contribution in [3.8, 4) is 0 Å². The molecule has 2 saturated heterocycles. The van der Waals surface area contributed by atoms with Gasteiger partial charge in [-0.25, -0.2) is 28.1 Å². The van der Waals surface area contributed by atoms with Gasteiger partial charge in [0.15, 0.2) is 6.29 Å². The van der Waals surface area contributed by atoms with E-state index >= 15 is 0 Å². The standard InChI is InChI=1S/C15H20FNO2.C8H15NO2.C7H5FO.C4H6O4.2C2H4O2.B.Na/c1-11-7-13(15(18)19-2)10-17(8-11)9-12-5-3-4-6-14(12)16;1-6-3-7(5-9-4-6)8(10)11-2;8-7-4-2-1-3-6(7)5-9;1-3(5)7-8-4(2)6;2*1-2(3)4;;/h3-6,11,13H,7-10H2,1-2H3;6-7,9H,3-5H2,1-2H3;1-5H;1-2H3;2*1H3,(H,3,4);;/q;;;;;;;+1/p-1. The van der Waals surface area contributed by atoms with Gasteiger partial charge < -0.3 is 29.8 Å². The van der Waals surface area contributed by atoms with Gasteiger partial charge in [-0.2, -0.15) is 0 Å². The third kappa shape index (κ3) is 32.6. The molecule has 311 valence electrons. The number of likely N-dealkylation sites (tertiary alicyclic amines) is 1. The average molecular weight is 818 g/mol. The number of aldehydes is 1. The Balaban J connectivity index is -0.000000320. The summed E-state index contributed by atoms with van der Waals surface area (Å²) in [4.78, 5) is 80.0. The monoisotopic (exact) mass is 817 g/mol. The third-order valence-corrected chi connectivity index (χ3v) is 7.04. The van der Waals surface area contributed by atoms with Crippen LogP contribution in [0.4, 0.5) is 8.78 Å². The van der Waals surface area contributed by atoms with E-state index in [0.29, 0.717) is 36.8 Å². The Bertz CT molecular complexity index is 1470. The van der Waals surface area contributed by atoms with E-state index in [0.717, 1.165) is 60.2 Å². The van der Waals surface area contributed by atoms with Crippen molar-refractivity contribution in [2.75, 3.05) is 40.4 Å². The number of carboxylic acid groups (broad SMARTS) is 2. The maximum Gasteiger partial charge on any atom is 1.00 e. The number of ether oxygens (including phenoxy) is 2. The number of rotatable bonds is 5. The van der Waals surface area contributed by atoms with E-state index in [2.05, 4.69) is 38.6 Å². The number of piperidine rings is 2. The molecule has 15 nitrogen and oxygen atoms in total. The molecule has 4 rings (SSSR count). The maximum atomic E-state index is 13.6. The number of methoxy groups -OCH3 is 2. The van der Waals surface area contributed by atoms with Crippen molar-refractivity contribution in [3.05, 3.63) is 71.3 Å². The topological polar surface area (TPSA) is 215 Å². The minimum atomic E-state index is -1.08. The molecule has 2 N–H and O–H groups in total. The Kier molecular flexibility index (Phi) is 36.5. The van der Waals surface area contributed by atoms with Crippen molar-refractivity contribution in [1.29, 1.82) is 0 Å². The Labute approximate surface area is 356 Å². The summed E-state index contributed by atoms with van der Waals surface area (Å²) in [5.74, 6) is -3.10. The number of nitrogens with zero attached hydrogens (tertiary/aromatic N) is 1. The van der Waals surface area contributed by atoms with Crippen LogP contribution in [0, 0.1) is 35.3 Å². The zero-order valence-corrected chi connectivity index (χ0v) is 36.1. The SMILES string of the molecule is CC(=O)O.CC(=O)OOC(C)=O.CC(=O)[O-].COC(=O)C1CC(C)CN(Cc2ccccc2F)C1.COC(=O)C1CNCC(C)C1.O=Cc1ccccc1F.[B].[Na+]. The molecule has 57 heavy (non-hydrogen) atoms. The van der Waals surface area contributed by atoms with Gasteiger partial charge in [-0.1, -0.05) is 44.2 Å². The first-order chi connectivity index (χ1) is 25.8. The molecule has 0 aliphatic carbocycles. The zero-order chi connectivity index (χ0) is 42.5. The minimum absolute atomic E-state index is 0. The van der Waals surface area contributed by atoms with Gasteiger partial charge in [0.05, 0.1) is 31.6 Å². The van der Waals surface area contributed by atoms with E-state index in [1.807, 2.05) is 6.07 Å². The number of esters is 2. The first kappa shape index (κ1) is 59.5. The summed E-state index contributed by atoms with van der Waals surface area (Å²) in [7, 11) is 2.87. The van der Waals surface area contributed by atoms with Crippen LogP contribution in [0.1, 0.15) is 70.3 Å². The van der Waals surface area contributed by atoms with Gasteiger partial charge in [0.2, 0.25) is 0 Å². The summed E-state index contributed by atoms with van der Waals surface area (Å²) < 4.78 is 35.5. The molecule has 0 bridgehead atoms. The fraction of sp³-hybridized carbons (Fsp3) is 0.500. The van der Waals surface area contributed by atoms with Crippen molar-refractivity contribution < 1.29 is 101 Å². The van der Waals surface area contributed by atoms with Gasteiger partial charge >= 0.3 is 53.4 Å². The molecule has 2 aromatic carbocycles. The predicted molar refractivity (Wildman–Crippen MR) is 198 cm³/mol. The summed E-state index contributed by atoms with van der Waals surface area (Å²) in [6.45, 7) is 12.5. The van der Waals surface area contributed by atoms with Gasteiger partial charge in [-0.05, 0) is 56.3 Å². The molecule has 2 fully saturated rings. The van der Waals surface area contributed by atoms with Crippen LogP contribution in [0.25, 0.3) is 0 Å². The molecule has 4 unspecified atom stereocenters. The molecule has 2 aliphatic rings. The van der Waals surface area contributed by atoms with Crippen LogP contribution in [0.15, 0.2) is 48.5 Å². The zero-order valence-electron chi connectivity index (χ0n) is 34.1. The number of aliphatic carboxylic acids is 2. The van der Waals surface area contributed by atoms with Crippen molar-refractivity contribution in [2.45, 2.75) is 60.9 Å². The molecule has 0 amide bonds. The fourth-order valence-electron chi connectivity index (χ4n) is 4.99. The van der Waals surface area contributed by atoms with Crippen LogP contribution in [0.2, 0.25) is 0 Å². The summed E-state index contributed by atoms with van der Waals surface area (Å²) in [5, 5.41) is 19.5. The van der Waals surface area contributed by atoms with E-state index in [1.54, 1.807) is 24.3 Å². The maximum absolute atomic E-state index is 13.6. The van der Waals surface area contributed by atoms with Crippen LogP contribution >= 0.6 is 0 Å². The number of benzene rings is 2. The second kappa shape index (κ2) is 35.0. The van der Waals surface area contributed by atoms with E-state index in [9.17, 15) is 32.8 Å². The van der Waals surface area contributed by atoms with Crippen LogP contribution in [-0.4, -0.2) is 101 Å². The third-order valence-electron chi connectivity index (χ3n) is 7.04. The molecular weight excluding hydrogens is 764 g/mol. The largest absolute Gasteiger partial charge is 1.00 e. The number of carboxylic acids is 2. The molecule has 0 aromatic heterocycles. The molecule has 2 aliphatic heterocycles. The van der Waals surface area contributed by atoms with Crippen molar-refractivity contribution >= 4 is 50.5 Å². The smallest absolute Gasteiger partial charge is 0.550 e. The molecule has 4 atom stereocenters. The number of halogens is 2. The minimum Gasteiger partial charge on any atom is -0.550 e. The second-order valence-electron chi connectivity index (χ2n) is 12.4. The molecule has 2 heterocycles. The fourth-order valence-corrected chi connectivity index (χ4v) is 4.99. The Morgan fingerprint density at radius 1 is 0.789 bits per heavy atom. The Morgan fingerprint density at radius 2 is 1.23 bits per heavy atom. The Hall–Kier alpha value is -4.23. The summed E-state index contributed by atoms with van der Waals surface area (Å²) >= 11 is 0. The normalized spacial score (nSPS) is 17.5. The molecule has 19 heteroatoms. The van der Waals surface area contributed by atoms with Crippen molar-refractivity contribution in [2.24, 2.45) is 23.7 Å². The van der Waals surface area contributed by atoms with Gasteiger partial charge in [0.25, 0.3) is 5.97 Å². The van der Waals surface area contributed by atoms with E-state index in [-0.39, 0.29) is 73.1 Å². The first-order valence-electron chi connectivity index (χ1n) is 17.0. The van der Waals surface area contributed by atoms with Gasteiger partial charge in [0.1, 0.15) is 11.6 Å². The van der Waals surface area contributed by atoms with E-state index in [4.69, 9.17) is 24.5 Å². The van der Waals surface area contributed by atoms with Gasteiger partial charge in [0, 0.05) is 66.9 Å². The number of carbonyl (C=O) groups excluding carboxylic acids is 6. The average Bonchev–Trinajstić information content (AvgIpc) is 3.11.